The summed E-state index contributed by atoms with van der Waals surface area (Å²) in [7, 11) is 0. The average Bonchev–Trinajstić information content (AvgIpc) is 2.58. The molecule has 23 heavy (non-hydrogen) atoms. The van der Waals surface area contributed by atoms with Gasteiger partial charge in [0.2, 0.25) is 0 Å². The summed E-state index contributed by atoms with van der Waals surface area (Å²) in [6.45, 7) is 8.08. The molecule has 0 saturated carbocycles. The van der Waals surface area contributed by atoms with Crippen LogP contribution in [-0.2, 0) is 9.47 Å². The number of carbonyl (C=O) groups is 1. The van der Waals surface area contributed by atoms with E-state index in [1.165, 1.54) is 0 Å². The number of rotatable bonds is 3. The smallest absolute Gasteiger partial charge is 0.254 e. The van der Waals surface area contributed by atoms with Gasteiger partial charge in [-0.1, -0.05) is 0 Å². The van der Waals surface area contributed by atoms with Crippen molar-refractivity contribution in [2.45, 2.75) is 13.0 Å². The molecule has 2 heterocycles. The summed E-state index contributed by atoms with van der Waals surface area (Å²) >= 11 is 0. The number of aryl methyl sites for hydroxylation is 1. The second kappa shape index (κ2) is 7.29. The summed E-state index contributed by atoms with van der Waals surface area (Å²) in [6, 6.07) is 5.47. The molecule has 1 aromatic rings. The maximum absolute atomic E-state index is 12.7. The molecule has 126 valence electrons. The Hall–Kier alpha value is -1.63. The summed E-state index contributed by atoms with van der Waals surface area (Å²) in [6.07, 6.45) is 0.0701. The van der Waals surface area contributed by atoms with Crippen LogP contribution in [0.5, 0.6) is 0 Å². The third-order valence-electron chi connectivity index (χ3n) is 4.51. The molecule has 0 spiro atoms. The Balaban J connectivity index is 1.60. The van der Waals surface area contributed by atoms with Gasteiger partial charge >= 0.3 is 0 Å². The van der Waals surface area contributed by atoms with Crippen molar-refractivity contribution < 1.29 is 14.3 Å². The van der Waals surface area contributed by atoms with Gasteiger partial charge in [0, 0.05) is 44.0 Å². The molecule has 0 aromatic heterocycles. The molecule has 2 aliphatic heterocycles. The van der Waals surface area contributed by atoms with E-state index < -0.39 is 0 Å². The Bertz CT molecular complexity index is 558. The molecule has 6 heteroatoms. The number of nitrogens with zero attached hydrogens (tertiary/aromatic N) is 2. The number of ether oxygens (including phenoxy) is 2. The first-order chi connectivity index (χ1) is 11.1. The zero-order valence-electron chi connectivity index (χ0n) is 13.7. The summed E-state index contributed by atoms with van der Waals surface area (Å²) < 4.78 is 11.2. The quantitative estimate of drug-likeness (QED) is 0.833. The molecule has 2 saturated heterocycles. The summed E-state index contributed by atoms with van der Waals surface area (Å²) in [5.74, 6) is 0.0587. The number of amides is 1. The minimum atomic E-state index is 0.0587. The van der Waals surface area contributed by atoms with Crippen LogP contribution >= 0.6 is 0 Å². The van der Waals surface area contributed by atoms with E-state index in [0.717, 1.165) is 38.4 Å². The van der Waals surface area contributed by atoms with Crippen molar-refractivity contribution in [1.29, 1.82) is 0 Å². The van der Waals surface area contributed by atoms with Gasteiger partial charge in [0.15, 0.2) is 0 Å². The second-order valence-electron chi connectivity index (χ2n) is 6.23. The monoisotopic (exact) mass is 319 g/mol. The first kappa shape index (κ1) is 16.2. The molecule has 1 atom stereocenters. The van der Waals surface area contributed by atoms with E-state index in [1.807, 2.05) is 17.9 Å². The number of hydrogen-bond acceptors (Lipinski definition) is 5. The van der Waals surface area contributed by atoms with Gasteiger partial charge in [-0.15, -0.1) is 0 Å². The zero-order chi connectivity index (χ0) is 16.2. The van der Waals surface area contributed by atoms with Crippen molar-refractivity contribution in [3.63, 3.8) is 0 Å². The molecule has 2 fully saturated rings. The Morgan fingerprint density at radius 1 is 1.26 bits per heavy atom. The molecule has 2 aliphatic rings. The number of carbonyl (C=O) groups excluding carboxylic acids is 1. The van der Waals surface area contributed by atoms with E-state index in [4.69, 9.17) is 15.2 Å². The van der Waals surface area contributed by atoms with Gasteiger partial charge in [0.25, 0.3) is 5.91 Å². The third kappa shape index (κ3) is 4.02. The number of benzene rings is 1. The fraction of sp³-hybridized carbons (Fsp3) is 0.588. The van der Waals surface area contributed by atoms with Crippen molar-refractivity contribution in [1.82, 2.24) is 9.80 Å². The van der Waals surface area contributed by atoms with Gasteiger partial charge in [0.1, 0.15) is 0 Å². The molecule has 1 unspecified atom stereocenters. The number of anilines is 1. The van der Waals surface area contributed by atoms with E-state index in [2.05, 4.69) is 4.90 Å². The van der Waals surface area contributed by atoms with Gasteiger partial charge in [-0.05, 0) is 30.7 Å². The highest BCUT2D eigenvalue weighted by Crippen LogP contribution is 2.16. The van der Waals surface area contributed by atoms with E-state index >= 15 is 0 Å². The lowest BCUT2D eigenvalue weighted by Crippen LogP contribution is -2.51. The maximum Gasteiger partial charge on any atom is 0.254 e. The van der Waals surface area contributed by atoms with Crippen LogP contribution in [0.15, 0.2) is 18.2 Å². The lowest BCUT2D eigenvalue weighted by molar-refractivity contribution is -0.0503. The Morgan fingerprint density at radius 2 is 2.04 bits per heavy atom. The van der Waals surface area contributed by atoms with Crippen LogP contribution in [0, 0.1) is 6.92 Å². The molecular weight excluding hydrogens is 294 g/mol. The SMILES string of the molecule is Cc1cc(C(=O)N2CCOC(CN3CCOCC3)C2)ccc1N. The third-order valence-corrected chi connectivity index (χ3v) is 4.51. The fourth-order valence-electron chi connectivity index (χ4n) is 3.08. The second-order valence-corrected chi connectivity index (χ2v) is 6.23. The van der Waals surface area contributed by atoms with Crippen molar-refractivity contribution in [3.8, 4) is 0 Å². The van der Waals surface area contributed by atoms with Crippen LogP contribution in [0.3, 0.4) is 0 Å². The Kier molecular flexibility index (Phi) is 5.15. The van der Waals surface area contributed by atoms with E-state index in [0.29, 0.717) is 30.9 Å². The normalized spacial score (nSPS) is 23.0. The fourth-order valence-corrected chi connectivity index (χ4v) is 3.08. The van der Waals surface area contributed by atoms with Crippen LogP contribution in [0.1, 0.15) is 15.9 Å². The molecule has 0 aliphatic carbocycles. The van der Waals surface area contributed by atoms with Crippen molar-refractivity contribution >= 4 is 11.6 Å². The highest BCUT2D eigenvalue weighted by atomic mass is 16.5. The molecule has 1 aromatic carbocycles. The standard InChI is InChI=1S/C17H25N3O3/c1-13-10-14(2-3-16(13)18)17(21)20-6-9-23-15(12-20)11-19-4-7-22-8-5-19/h2-3,10,15H,4-9,11-12,18H2,1H3. The van der Waals surface area contributed by atoms with Crippen LogP contribution in [0.25, 0.3) is 0 Å². The summed E-state index contributed by atoms with van der Waals surface area (Å²) in [5.41, 5.74) is 8.19. The highest BCUT2D eigenvalue weighted by molar-refractivity contribution is 5.95. The molecule has 0 bridgehead atoms. The van der Waals surface area contributed by atoms with E-state index in [-0.39, 0.29) is 12.0 Å². The van der Waals surface area contributed by atoms with Crippen molar-refractivity contribution in [2.75, 3.05) is 58.3 Å². The molecule has 0 radical (unpaired) electrons. The molecular formula is C17H25N3O3. The summed E-state index contributed by atoms with van der Waals surface area (Å²) in [4.78, 5) is 16.9. The summed E-state index contributed by atoms with van der Waals surface area (Å²) in [5, 5.41) is 0. The largest absolute Gasteiger partial charge is 0.399 e. The first-order valence-corrected chi connectivity index (χ1v) is 8.20. The highest BCUT2D eigenvalue weighted by Gasteiger charge is 2.27. The molecule has 6 nitrogen and oxygen atoms in total. The van der Waals surface area contributed by atoms with Crippen LogP contribution in [0.2, 0.25) is 0 Å². The lowest BCUT2D eigenvalue weighted by Gasteiger charge is -2.36. The van der Waals surface area contributed by atoms with Gasteiger partial charge in [-0.3, -0.25) is 9.69 Å². The van der Waals surface area contributed by atoms with E-state index in [9.17, 15) is 4.79 Å². The van der Waals surface area contributed by atoms with Gasteiger partial charge < -0.3 is 20.1 Å². The number of hydrogen-bond donors (Lipinski definition) is 1. The van der Waals surface area contributed by atoms with Crippen molar-refractivity contribution in [2.24, 2.45) is 0 Å². The van der Waals surface area contributed by atoms with Crippen molar-refractivity contribution in [3.05, 3.63) is 29.3 Å². The maximum atomic E-state index is 12.7. The van der Waals surface area contributed by atoms with Crippen LogP contribution in [0.4, 0.5) is 5.69 Å². The average molecular weight is 319 g/mol. The van der Waals surface area contributed by atoms with Gasteiger partial charge in [-0.2, -0.15) is 0 Å². The van der Waals surface area contributed by atoms with Gasteiger partial charge in [0.05, 0.1) is 25.9 Å². The van der Waals surface area contributed by atoms with Crippen LogP contribution < -0.4 is 5.73 Å². The van der Waals surface area contributed by atoms with Crippen LogP contribution in [-0.4, -0.2) is 74.4 Å². The van der Waals surface area contributed by atoms with Gasteiger partial charge in [-0.25, -0.2) is 0 Å². The Labute approximate surface area is 137 Å². The topological polar surface area (TPSA) is 68.0 Å². The van der Waals surface area contributed by atoms with E-state index in [1.54, 1.807) is 12.1 Å². The predicted octanol–water partition coefficient (Wildman–Crippen LogP) is 0.750. The molecule has 3 rings (SSSR count). The zero-order valence-corrected chi connectivity index (χ0v) is 13.7. The lowest BCUT2D eigenvalue weighted by atomic mass is 10.1. The number of nitrogens with two attached hydrogens (primary N) is 1. The number of morpholine rings is 2. The molecule has 1 amide bonds. The molecule has 2 N–H and O–H groups in total. The minimum absolute atomic E-state index is 0.0587. The first-order valence-electron chi connectivity index (χ1n) is 8.20. The number of nitrogen functional groups attached to an aromatic ring is 1. The predicted molar refractivity (Wildman–Crippen MR) is 88.5 cm³/mol. The minimum Gasteiger partial charge on any atom is -0.399 e. The Morgan fingerprint density at radius 3 is 2.78 bits per heavy atom.